The Balaban J connectivity index is 1.50. The Morgan fingerprint density at radius 2 is 1.85 bits per heavy atom. The maximum atomic E-state index is 12.9. The number of nitrogens with zero attached hydrogens (tertiary/aromatic N) is 2. The standard InChI is InChI=1S/C21H25N3O2/c1-23(19-11-10-16-6-2-3-7-17(16)19)21(25)22-18-8-4-5-9-20(18)24-12-14-26-15-13-24/h2-9,19H,10-15H2,1H3,(H,22,25). The number of para-hydroxylation sites is 2. The number of anilines is 2. The number of morpholine rings is 1. The van der Waals surface area contributed by atoms with Crippen LogP contribution in [0.25, 0.3) is 0 Å². The zero-order chi connectivity index (χ0) is 17.9. The molecule has 2 aromatic carbocycles. The molecule has 1 saturated heterocycles. The van der Waals surface area contributed by atoms with Crippen LogP contribution >= 0.6 is 0 Å². The Labute approximate surface area is 154 Å². The minimum atomic E-state index is -0.0626. The van der Waals surface area contributed by atoms with Crippen molar-refractivity contribution in [3.63, 3.8) is 0 Å². The largest absolute Gasteiger partial charge is 0.378 e. The van der Waals surface area contributed by atoms with Gasteiger partial charge >= 0.3 is 6.03 Å². The number of aryl methyl sites for hydroxylation is 1. The van der Waals surface area contributed by atoms with Crippen LogP contribution < -0.4 is 10.2 Å². The van der Waals surface area contributed by atoms with Crippen LogP contribution in [0.5, 0.6) is 0 Å². The number of nitrogens with one attached hydrogen (secondary N) is 1. The molecule has 0 saturated carbocycles. The van der Waals surface area contributed by atoms with Crippen LogP contribution in [0.4, 0.5) is 16.2 Å². The van der Waals surface area contributed by atoms with Gasteiger partial charge in [-0.25, -0.2) is 4.79 Å². The van der Waals surface area contributed by atoms with Crippen LogP contribution in [0.3, 0.4) is 0 Å². The summed E-state index contributed by atoms with van der Waals surface area (Å²) in [6.45, 7) is 3.14. The van der Waals surface area contributed by atoms with Gasteiger partial charge in [0.25, 0.3) is 0 Å². The van der Waals surface area contributed by atoms with Gasteiger partial charge in [0.05, 0.1) is 30.6 Å². The van der Waals surface area contributed by atoms with E-state index in [1.807, 2.05) is 30.1 Å². The monoisotopic (exact) mass is 351 g/mol. The zero-order valence-corrected chi connectivity index (χ0v) is 15.1. The normalized spacial score (nSPS) is 19.1. The highest BCUT2D eigenvalue weighted by atomic mass is 16.5. The lowest BCUT2D eigenvalue weighted by atomic mass is 10.1. The Morgan fingerprint density at radius 1 is 1.12 bits per heavy atom. The molecule has 0 radical (unpaired) electrons. The third-order valence-electron chi connectivity index (χ3n) is 5.39. The van der Waals surface area contributed by atoms with Crippen molar-refractivity contribution in [2.45, 2.75) is 18.9 Å². The van der Waals surface area contributed by atoms with Gasteiger partial charge in [-0.05, 0) is 36.1 Å². The number of rotatable bonds is 3. The van der Waals surface area contributed by atoms with E-state index in [0.717, 1.165) is 50.5 Å². The summed E-state index contributed by atoms with van der Waals surface area (Å²) >= 11 is 0. The van der Waals surface area contributed by atoms with Gasteiger partial charge in [-0.2, -0.15) is 0 Å². The van der Waals surface area contributed by atoms with Gasteiger partial charge in [0.2, 0.25) is 0 Å². The predicted octanol–water partition coefficient (Wildman–Crippen LogP) is 3.67. The summed E-state index contributed by atoms with van der Waals surface area (Å²) in [5.74, 6) is 0. The van der Waals surface area contributed by atoms with E-state index in [1.54, 1.807) is 0 Å². The summed E-state index contributed by atoms with van der Waals surface area (Å²) < 4.78 is 5.44. The van der Waals surface area contributed by atoms with Gasteiger partial charge in [-0.15, -0.1) is 0 Å². The van der Waals surface area contributed by atoms with Crippen LogP contribution in [0.15, 0.2) is 48.5 Å². The first-order valence-corrected chi connectivity index (χ1v) is 9.27. The number of carbonyl (C=O) groups excluding carboxylic acids is 1. The first-order chi connectivity index (χ1) is 12.7. The summed E-state index contributed by atoms with van der Waals surface area (Å²) in [5.41, 5.74) is 4.54. The Kier molecular flexibility index (Phi) is 4.80. The molecule has 0 spiro atoms. The van der Waals surface area contributed by atoms with E-state index in [0.29, 0.717) is 0 Å². The highest BCUT2D eigenvalue weighted by Crippen LogP contribution is 2.35. The van der Waals surface area contributed by atoms with Crippen molar-refractivity contribution < 1.29 is 9.53 Å². The van der Waals surface area contributed by atoms with Crippen molar-refractivity contribution in [3.05, 3.63) is 59.7 Å². The number of hydrogen-bond acceptors (Lipinski definition) is 3. The van der Waals surface area contributed by atoms with E-state index >= 15 is 0 Å². The minimum absolute atomic E-state index is 0.0626. The number of hydrogen-bond donors (Lipinski definition) is 1. The molecule has 1 aliphatic heterocycles. The predicted molar refractivity (Wildman–Crippen MR) is 104 cm³/mol. The van der Waals surface area contributed by atoms with Crippen LogP contribution in [0, 0.1) is 0 Å². The third kappa shape index (κ3) is 3.27. The molecule has 1 unspecified atom stereocenters. The van der Waals surface area contributed by atoms with Crippen LogP contribution in [0.2, 0.25) is 0 Å². The first-order valence-electron chi connectivity index (χ1n) is 9.27. The van der Waals surface area contributed by atoms with Crippen LogP contribution in [-0.2, 0) is 11.2 Å². The topological polar surface area (TPSA) is 44.8 Å². The molecule has 5 nitrogen and oxygen atoms in total. The maximum Gasteiger partial charge on any atom is 0.322 e. The molecule has 1 aliphatic carbocycles. The molecule has 0 aromatic heterocycles. The summed E-state index contributed by atoms with van der Waals surface area (Å²) in [6, 6.07) is 16.5. The average Bonchev–Trinajstić information content (AvgIpc) is 3.12. The highest BCUT2D eigenvalue weighted by molar-refractivity contribution is 5.93. The van der Waals surface area contributed by atoms with Gasteiger partial charge in [-0.3, -0.25) is 0 Å². The van der Waals surface area contributed by atoms with E-state index < -0.39 is 0 Å². The lowest BCUT2D eigenvalue weighted by molar-refractivity contribution is 0.123. The van der Waals surface area contributed by atoms with Crippen molar-refractivity contribution in [2.75, 3.05) is 43.6 Å². The van der Waals surface area contributed by atoms with E-state index in [-0.39, 0.29) is 12.1 Å². The second-order valence-corrected chi connectivity index (χ2v) is 6.91. The van der Waals surface area contributed by atoms with E-state index in [1.165, 1.54) is 11.1 Å². The highest BCUT2D eigenvalue weighted by Gasteiger charge is 2.28. The first kappa shape index (κ1) is 16.9. The van der Waals surface area contributed by atoms with Gasteiger partial charge in [0.1, 0.15) is 0 Å². The maximum absolute atomic E-state index is 12.9. The fraction of sp³-hybridized carbons (Fsp3) is 0.381. The molecule has 1 N–H and O–H groups in total. The summed E-state index contributed by atoms with van der Waals surface area (Å²) in [4.78, 5) is 17.0. The Hall–Kier alpha value is -2.53. The smallest absolute Gasteiger partial charge is 0.322 e. The van der Waals surface area contributed by atoms with E-state index in [4.69, 9.17) is 4.74 Å². The quantitative estimate of drug-likeness (QED) is 0.918. The third-order valence-corrected chi connectivity index (χ3v) is 5.39. The van der Waals surface area contributed by atoms with Gasteiger partial charge in [0, 0.05) is 20.1 Å². The fourth-order valence-electron chi connectivity index (χ4n) is 3.94. The summed E-state index contributed by atoms with van der Waals surface area (Å²) in [6.07, 6.45) is 2.01. The number of ether oxygens (including phenoxy) is 1. The van der Waals surface area contributed by atoms with Gasteiger partial charge in [-0.1, -0.05) is 36.4 Å². The van der Waals surface area contributed by atoms with Crippen molar-refractivity contribution in [1.82, 2.24) is 4.90 Å². The Bertz CT molecular complexity index is 786. The van der Waals surface area contributed by atoms with Gasteiger partial charge < -0.3 is 19.9 Å². The summed E-state index contributed by atoms with van der Waals surface area (Å²) in [7, 11) is 1.89. The van der Waals surface area contributed by atoms with Gasteiger partial charge in [0.15, 0.2) is 0 Å². The number of carbonyl (C=O) groups is 1. The van der Waals surface area contributed by atoms with E-state index in [9.17, 15) is 4.79 Å². The molecule has 2 amide bonds. The lowest BCUT2D eigenvalue weighted by Crippen LogP contribution is -2.38. The molecule has 1 heterocycles. The molecule has 5 heteroatoms. The van der Waals surface area contributed by atoms with Crippen molar-refractivity contribution in [3.8, 4) is 0 Å². The van der Waals surface area contributed by atoms with E-state index in [2.05, 4.69) is 40.5 Å². The number of benzene rings is 2. The average molecular weight is 351 g/mol. The molecule has 2 aliphatic rings. The molecule has 136 valence electrons. The molecule has 4 rings (SSSR count). The SMILES string of the molecule is CN(C(=O)Nc1ccccc1N1CCOCC1)C1CCc2ccccc21. The summed E-state index contributed by atoms with van der Waals surface area (Å²) in [5, 5.41) is 3.12. The zero-order valence-electron chi connectivity index (χ0n) is 15.1. The molecule has 1 fully saturated rings. The lowest BCUT2D eigenvalue weighted by Gasteiger charge is -2.31. The number of urea groups is 1. The molecule has 2 aromatic rings. The number of amides is 2. The van der Waals surface area contributed by atoms with Crippen LogP contribution in [-0.4, -0.2) is 44.3 Å². The van der Waals surface area contributed by atoms with Crippen LogP contribution in [0.1, 0.15) is 23.6 Å². The molecule has 0 bridgehead atoms. The van der Waals surface area contributed by atoms with Crippen molar-refractivity contribution in [2.24, 2.45) is 0 Å². The molecular formula is C21H25N3O2. The molecule has 1 atom stereocenters. The second kappa shape index (κ2) is 7.38. The van der Waals surface area contributed by atoms with Crippen molar-refractivity contribution >= 4 is 17.4 Å². The molecule has 26 heavy (non-hydrogen) atoms. The number of fused-ring (bicyclic) bond motifs is 1. The fourth-order valence-corrected chi connectivity index (χ4v) is 3.94. The second-order valence-electron chi connectivity index (χ2n) is 6.91. The molecular weight excluding hydrogens is 326 g/mol. The minimum Gasteiger partial charge on any atom is -0.378 e. The van der Waals surface area contributed by atoms with Crippen molar-refractivity contribution in [1.29, 1.82) is 0 Å². The Morgan fingerprint density at radius 3 is 2.69 bits per heavy atom.